The smallest absolute Gasteiger partial charge is 0.310 e. The number of anilines is 1. The molecule has 2 aromatic rings. The van der Waals surface area contributed by atoms with E-state index in [4.69, 9.17) is 9.84 Å². The van der Waals surface area contributed by atoms with Gasteiger partial charge in [0.15, 0.2) is 0 Å². The Morgan fingerprint density at radius 1 is 1.12 bits per heavy atom. The number of hydrogen-bond donors (Lipinski definition) is 2. The van der Waals surface area contributed by atoms with Crippen molar-refractivity contribution in [2.75, 3.05) is 5.32 Å². The van der Waals surface area contributed by atoms with Crippen LogP contribution in [0.2, 0.25) is 0 Å². The number of benzene rings is 1. The van der Waals surface area contributed by atoms with E-state index in [0.29, 0.717) is 17.1 Å². The molecule has 0 saturated carbocycles. The van der Waals surface area contributed by atoms with Crippen LogP contribution in [0.25, 0.3) is 0 Å². The van der Waals surface area contributed by atoms with Gasteiger partial charge in [-0.3, -0.25) is 9.59 Å². The normalized spacial score (nSPS) is 11.8. The first-order chi connectivity index (χ1) is 11.4. The van der Waals surface area contributed by atoms with E-state index in [0.717, 1.165) is 0 Å². The van der Waals surface area contributed by atoms with Crippen LogP contribution in [0.3, 0.4) is 0 Å². The summed E-state index contributed by atoms with van der Waals surface area (Å²) < 4.78 is 5.48. The van der Waals surface area contributed by atoms with E-state index in [9.17, 15) is 9.59 Å². The number of pyridine rings is 1. The standard InChI is InChI=1S/C18H20N2O4/c1-11(2)24-16-9-5-8-15(20-16)17(21)19-14-7-4-6-13(10-14)12(3)18(22)23/h4-12H,1-3H3,(H,19,21)(H,22,23). The highest BCUT2D eigenvalue weighted by Crippen LogP contribution is 2.20. The van der Waals surface area contributed by atoms with E-state index >= 15 is 0 Å². The predicted octanol–water partition coefficient (Wildman–Crippen LogP) is 3.31. The Morgan fingerprint density at radius 3 is 2.50 bits per heavy atom. The molecule has 1 amide bonds. The zero-order valence-electron chi connectivity index (χ0n) is 13.8. The first kappa shape index (κ1) is 17.5. The zero-order valence-corrected chi connectivity index (χ0v) is 13.8. The number of amides is 1. The molecule has 1 unspecified atom stereocenters. The van der Waals surface area contributed by atoms with Crippen molar-refractivity contribution in [3.8, 4) is 5.88 Å². The minimum Gasteiger partial charge on any atom is -0.481 e. The van der Waals surface area contributed by atoms with Crippen LogP contribution in [0, 0.1) is 0 Å². The molecular formula is C18H20N2O4. The van der Waals surface area contributed by atoms with Gasteiger partial charge in [0.1, 0.15) is 5.69 Å². The van der Waals surface area contributed by atoms with E-state index in [2.05, 4.69) is 10.3 Å². The van der Waals surface area contributed by atoms with Crippen molar-refractivity contribution in [2.45, 2.75) is 32.8 Å². The highest BCUT2D eigenvalue weighted by atomic mass is 16.5. The molecule has 0 aliphatic carbocycles. The van der Waals surface area contributed by atoms with Gasteiger partial charge in [-0.15, -0.1) is 0 Å². The quantitative estimate of drug-likeness (QED) is 0.849. The van der Waals surface area contributed by atoms with Crippen LogP contribution >= 0.6 is 0 Å². The molecule has 2 rings (SSSR count). The van der Waals surface area contributed by atoms with E-state index in [1.54, 1.807) is 49.4 Å². The number of ether oxygens (including phenoxy) is 1. The molecule has 1 heterocycles. The minimum absolute atomic E-state index is 0.0370. The lowest BCUT2D eigenvalue weighted by Crippen LogP contribution is -2.15. The van der Waals surface area contributed by atoms with Crippen molar-refractivity contribution in [2.24, 2.45) is 0 Å². The second-order valence-corrected chi connectivity index (χ2v) is 5.67. The van der Waals surface area contributed by atoms with Gasteiger partial charge in [-0.2, -0.15) is 0 Å². The van der Waals surface area contributed by atoms with Gasteiger partial charge < -0.3 is 15.2 Å². The summed E-state index contributed by atoms with van der Waals surface area (Å²) in [4.78, 5) is 27.6. The Bertz CT molecular complexity index is 743. The molecule has 0 fully saturated rings. The van der Waals surface area contributed by atoms with E-state index in [1.165, 1.54) is 0 Å². The van der Waals surface area contributed by atoms with Gasteiger partial charge in [0.05, 0.1) is 12.0 Å². The maximum atomic E-state index is 12.3. The van der Waals surface area contributed by atoms with Gasteiger partial charge >= 0.3 is 5.97 Å². The van der Waals surface area contributed by atoms with Gasteiger partial charge in [-0.1, -0.05) is 18.2 Å². The fourth-order valence-electron chi connectivity index (χ4n) is 2.07. The second-order valence-electron chi connectivity index (χ2n) is 5.67. The lowest BCUT2D eigenvalue weighted by atomic mass is 10.0. The molecule has 0 aliphatic heterocycles. The molecule has 0 radical (unpaired) electrons. The topological polar surface area (TPSA) is 88.5 Å². The van der Waals surface area contributed by atoms with Crippen LogP contribution in [0.5, 0.6) is 5.88 Å². The zero-order chi connectivity index (χ0) is 17.7. The Morgan fingerprint density at radius 2 is 1.83 bits per heavy atom. The number of rotatable bonds is 6. The number of carbonyl (C=O) groups is 2. The number of aromatic nitrogens is 1. The highest BCUT2D eigenvalue weighted by Gasteiger charge is 2.15. The first-order valence-electron chi connectivity index (χ1n) is 7.64. The third-order valence-electron chi connectivity index (χ3n) is 3.33. The average Bonchev–Trinajstić information content (AvgIpc) is 2.54. The van der Waals surface area contributed by atoms with Gasteiger partial charge in [0.2, 0.25) is 5.88 Å². The van der Waals surface area contributed by atoms with Crippen LogP contribution in [0.15, 0.2) is 42.5 Å². The molecule has 1 aromatic heterocycles. The van der Waals surface area contributed by atoms with Crippen molar-refractivity contribution in [1.29, 1.82) is 0 Å². The summed E-state index contributed by atoms with van der Waals surface area (Å²) >= 11 is 0. The van der Waals surface area contributed by atoms with E-state index in [1.807, 2.05) is 13.8 Å². The Labute approximate surface area is 140 Å². The summed E-state index contributed by atoms with van der Waals surface area (Å²) in [6.07, 6.45) is -0.0370. The van der Waals surface area contributed by atoms with Crippen molar-refractivity contribution >= 4 is 17.6 Å². The number of carboxylic acid groups (broad SMARTS) is 1. The molecule has 2 N–H and O–H groups in total. The van der Waals surface area contributed by atoms with Crippen LogP contribution in [-0.2, 0) is 4.79 Å². The Hall–Kier alpha value is -2.89. The fraction of sp³-hybridized carbons (Fsp3) is 0.278. The van der Waals surface area contributed by atoms with Crippen molar-refractivity contribution < 1.29 is 19.4 Å². The number of nitrogens with zero attached hydrogens (tertiary/aromatic N) is 1. The van der Waals surface area contributed by atoms with Crippen LogP contribution in [0.1, 0.15) is 42.7 Å². The summed E-state index contributed by atoms with van der Waals surface area (Å²) in [6, 6.07) is 11.7. The molecule has 0 bridgehead atoms. The Kier molecular flexibility index (Phi) is 5.52. The predicted molar refractivity (Wildman–Crippen MR) is 90.4 cm³/mol. The number of hydrogen-bond acceptors (Lipinski definition) is 4. The summed E-state index contributed by atoms with van der Waals surface area (Å²) in [5.41, 5.74) is 1.36. The Balaban J connectivity index is 2.15. The van der Waals surface area contributed by atoms with Crippen LogP contribution in [0.4, 0.5) is 5.69 Å². The number of aliphatic carboxylic acids is 1. The summed E-state index contributed by atoms with van der Waals surface area (Å²) in [7, 11) is 0. The van der Waals surface area contributed by atoms with Gasteiger partial charge in [-0.25, -0.2) is 4.98 Å². The summed E-state index contributed by atoms with van der Waals surface area (Å²) in [6.45, 7) is 5.35. The summed E-state index contributed by atoms with van der Waals surface area (Å²) in [5, 5.41) is 11.8. The lowest BCUT2D eigenvalue weighted by molar-refractivity contribution is -0.138. The molecule has 6 nitrogen and oxygen atoms in total. The molecule has 0 aliphatic rings. The van der Waals surface area contributed by atoms with Gasteiger partial charge in [-0.05, 0) is 44.5 Å². The van der Waals surface area contributed by atoms with E-state index in [-0.39, 0.29) is 17.7 Å². The largest absolute Gasteiger partial charge is 0.481 e. The van der Waals surface area contributed by atoms with Crippen molar-refractivity contribution in [3.63, 3.8) is 0 Å². The molecule has 6 heteroatoms. The third kappa shape index (κ3) is 4.55. The molecule has 1 atom stereocenters. The third-order valence-corrected chi connectivity index (χ3v) is 3.33. The van der Waals surface area contributed by atoms with Crippen LogP contribution in [-0.4, -0.2) is 28.1 Å². The average molecular weight is 328 g/mol. The van der Waals surface area contributed by atoms with Gasteiger partial charge in [0, 0.05) is 11.8 Å². The molecule has 24 heavy (non-hydrogen) atoms. The maximum Gasteiger partial charge on any atom is 0.310 e. The molecule has 1 aromatic carbocycles. The maximum absolute atomic E-state index is 12.3. The molecule has 126 valence electrons. The highest BCUT2D eigenvalue weighted by molar-refractivity contribution is 6.03. The van der Waals surface area contributed by atoms with Gasteiger partial charge in [0.25, 0.3) is 5.91 Å². The van der Waals surface area contributed by atoms with Crippen LogP contribution < -0.4 is 10.1 Å². The van der Waals surface area contributed by atoms with Crippen molar-refractivity contribution in [1.82, 2.24) is 4.98 Å². The SMILES string of the molecule is CC(C)Oc1cccc(C(=O)Nc2cccc(C(C)C(=O)O)c2)n1. The monoisotopic (exact) mass is 328 g/mol. The van der Waals surface area contributed by atoms with Crippen molar-refractivity contribution in [3.05, 3.63) is 53.7 Å². The number of carbonyl (C=O) groups excluding carboxylic acids is 1. The first-order valence-corrected chi connectivity index (χ1v) is 7.64. The number of nitrogens with one attached hydrogen (secondary N) is 1. The minimum atomic E-state index is -0.918. The molecular weight excluding hydrogens is 308 g/mol. The second kappa shape index (κ2) is 7.59. The number of carboxylic acids is 1. The molecule has 0 saturated heterocycles. The lowest BCUT2D eigenvalue weighted by Gasteiger charge is -2.11. The molecule has 0 spiro atoms. The summed E-state index contributed by atoms with van der Waals surface area (Å²) in [5.74, 6) is -1.57. The van der Waals surface area contributed by atoms with E-state index < -0.39 is 11.9 Å². The fourth-order valence-corrected chi connectivity index (χ4v) is 2.07.